The summed E-state index contributed by atoms with van der Waals surface area (Å²) in [4.78, 5) is 23.7. The van der Waals surface area contributed by atoms with Crippen LogP contribution in [0.5, 0.6) is 0 Å². The fourth-order valence-electron chi connectivity index (χ4n) is 4.64. The summed E-state index contributed by atoms with van der Waals surface area (Å²) in [5.74, 6) is 1.83. The minimum absolute atomic E-state index is 0.0411. The van der Waals surface area contributed by atoms with Crippen molar-refractivity contribution in [3.8, 4) is 11.3 Å². The number of hydrogen-bond acceptors (Lipinski definition) is 5. The lowest BCUT2D eigenvalue weighted by Gasteiger charge is -2.49. The van der Waals surface area contributed by atoms with Gasteiger partial charge < -0.3 is 10.1 Å². The predicted molar refractivity (Wildman–Crippen MR) is 108 cm³/mol. The van der Waals surface area contributed by atoms with Crippen LogP contribution in [0.15, 0.2) is 36.4 Å². The Balaban J connectivity index is 1.48. The Kier molecular flexibility index (Phi) is 5.69. The molecule has 1 amide bonds. The zero-order valence-corrected chi connectivity index (χ0v) is 16.6. The molecule has 3 saturated heterocycles. The third kappa shape index (κ3) is 4.08. The molecule has 4 atom stereocenters. The van der Waals surface area contributed by atoms with Gasteiger partial charge in [-0.05, 0) is 38.3 Å². The lowest BCUT2D eigenvalue weighted by molar-refractivity contribution is -0.125. The summed E-state index contributed by atoms with van der Waals surface area (Å²) in [6.07, 6.45) is 2.29. The smallest absolute Gasteiger partial charge is 0.246 e. The highest BCUT2D eigenvalue weighted by atomic mass is 16.5. The van der Waals surface area contributed by atoms with Crippen molar-refractivity contribution in [2.75, 3.05) is 33.4 Å². The van der Waals surface area contributed by atoms with Gasteiger partial charge in [0.1, 0.15) is 12.4 Å². The van der Waals surface area contributed by atoms with Gasteiger partial charge in [-0.2, -0.15) is 0 Å². The van der Waals surface area contributed by atoms with Crippen molar-refractivity contribution in [1.82, 2.24) is 20.2 Å². The Morgan fingerprint density at radius 1 is 1.29 bits per heavy atom. The van der Waals surface area contributed by atoms with E-state index in [4.69, 9.17) is 9.72 Å². The number of carbonyl (C=O) groups excluding carboxylic acids is 1. The predicted octanol–water partition coefficient (Wildman–Crippen LogP) is 2.39. The van der Waals surface area contributed by atoms with Gasteiger partial charge in [-0.3, -0.25) is 9.69 Å². The second-order valence-corrected chi connectivity index (χ2v) is 7.87. The van der Waals surface area contributed by atoms with E-state index in [2.05, 4.69) is 33.4 Å². The van der Waals surface area contributed by atoms with Crippen LogP contribution in [0, 0.1) is 12.8 Å². The summed E-state index contributed by atoms with van der Waals surface area (Å²) in [6.45, 7) is 4.90. The number of ether oxygens (including phenoxy) is 1. The first-order chi connectivity index (χ1) is 13.6. The molecular weight excluding hydrogens is 352 g/mol. The number of aromatic nitrogens is 2. The number of carbonyl (C=O) groups is 1. The quantitative estimate of drug-likeness (QED) is 0.834. The third-order valence-electron chi connectivity index (χ3n) is 6.00. The van der Waals surface area contributed by atoms with E-state index >= 15 is 0 Å². The average molecular weight is 380 g/mol. The van der Waals surface area contributed by atoms with E-state index in [0.29, 0.717) is 24.4 Å². The van der Waals surface area contributed by atoms with Gasteiger partial charge in [-0.15, -0.1) is 0 Å². The molecule has 0 saturated carbocycles. The molecule has 0 radical (unpaired) electrons. The molecule has 28 heavy (non-hydrogen) atoms. The molecule has 0 spiro atoms. The summed E-state index contributed by atoms with van der Waals surface area (Å²) in [5, 5.41) is 3.00. The number of nitrogens with one attached hydrogen (secondary N) is 1. The lowest BCUT2D eigenvalue weighted by atomic mass is 9.74. The summed E-state index contributed by atoms with van der Waals surface area (Å²) in [5.41, 5.74) is 3.29. The topological polar surface area (TPSA) is 67.3 Å². The first-order valence-electron chi connectivity index (χ1n) is 10.0. The number of methoxy groups -OCH3 is 1. The van der Waals surface area contributed by atoms with E-state index in [-0.39, 0.29) is 12.5 Å². The van der Waals surface area contributed by atoms with E-state index in [0.717, 1.165) is 42.3 Å². The monoisotopic (exact) mass is 380 g/mol. The molecule has 1 N–H and O–H groups in total. The first kappa shape index (κ1) is 19.0. The van der Waals surface area contributed by atoms with Gasteiger partial charge in [0, 0.05) is 43.4 Å². The number of aryl methyl sites for hydroxylation is 1. The zero-order valence-electron chi connectivity index (χ0n) is 16.6. The van der Waals surface area contributed by atoms with Gasteiger partial charge in [0.25, 0.3) is 0 Å². The molecule has 6 nitrogen and oxygen atoms in total. The van der Waals surface area contributed by atoms with Crippen molar-refractivity contribution in [1.29, 1.82) is 0 Å². The minimum atomic E-state index is -0.0411. The molecule has 6 heteroatoms. The van der Waals surface area contributed by atoms with Gasteiger partial charge in [-0.1, -0.05) is 30.3 Å². The Bertz CT molecular complexity index is 827. The number of rotatable bonds is 6. The number of hydrogen-bond donors (Lipinski definition) is 1. The Labute approximate surface area is 166 Å². The van der Waals surface area contributed by atoms with E-state index in [1.807, 2.05) is 25.1 Å². The fraction of sp³-hybridized carbons (Fsp3) is 0.500. The summed E-state index contributed by atoms with van der Waals surface area (Å²) in [6, 6.07) is 12.9. The van der Waals surface area contributed by atoms with Crippen molar-refractivity contribution in [3.63, 3.8) is 0 Å². The van der Waals surface area contributed by atoms with Crippen molar-refractivity contribution < 1.29 is 9.53 Å². The molecule has 4 heterocycles. The number of piperidine rings is 3. The summed E-state index contributed by atoms with van der Waals surface area (Å²) < 4.78 is 4.90. The van der Waals surface area contributed by atoms with E-state index in [1.54, 1.807) is 7.11 Å². The minimum Gasteiger partial charge on any atom is -0.375 e. The number of nitrogens with zero attached hydrogens (tertiary/aromatic N) is 3. The average Bonchev–Trinajstić information content (AvgIpc) is 2.73. The van der Waals surface area contributed by atoms with E-state index in [1.165, 1.54) is 6.42 Å². The van der Waals surface area contributed by atoms with Crippen LogP contribution in [-0.2, 0) is 9.53 Å². The fourth-order valence-corrected chi connectivity index (χ4v) is 4.64. The van der Waals surface area contributed by atoms with Crippen LogP contribution >= 0.6 is 0 Å². The van der Waals surface area contributed by atoms with E-state index < -0.39 is 0 Å². The molecule has 5 rings (SSSR count). The second-order valence-electron chi connectivity index (χ2n) is 7.87. The third-order valence-corrected chi connectivity index (χ3v) is 6.00. The maximum absolute atomic E-state index is 11.7. The maximum Gasteiger partial charge on any atom is 0.246 e. The Morgan fingerprint density at radius 2 is 2.11 bits per heavy atom. The molecule has 2 bridgehead atoms. The highest BCUT2D eigenvalue weighted by molar-refractivity contribution is 5.77. The van der Waals surface area contributed by atoms with Crippen LogP contribution in [0.4, 0.5) is 0 Å². The van der Waals surface area contributed by atoms with Gasteiger partial charge in [0.05, 0.1) is 5.69 Å². The number of amides is 1. The van der Waals surface area contributed by atoms with Crippen molar-refractivity contribution in [2.24, 2.45) is 5.92 Å². The molecule has 3 aliphatic heterocycles. The van der Waals surface area contributed by atoms with E-state index in [9.17, 15) is 4.79 Å². The molecule has 3 aliphatic rings. The maximum atomic E-state index is 11.7. The Hall–Kier alpha value is -2.31. The standard InChI is InChI=1S/C22H28N4O2/c1-15-24-20(16-6-4-3-5-7-16)11-21(25-15)19-13-26-9-8-17(19)10-18(26)12-23-22(27)14-28-2/h3-7,11,17-19H,8-10,12-14H2,1-2H3,(H,23,27). The van der Waals surface area contributed by atoms with Gasteiger partial charge >= 0.3 is 0 Å². The molecule has 0 aliphatic carbocycles. The van der Waals surface area contributed by atoms with Crippen LogP contribution in [0.3, 0.4) is 0 Å². The van der Waals surface area contributed by atoms with Gasteiger partial charge in [0.15, 0.2) is 0 Å². The molecular formula is C22H28N4O2. The number of fused-ring (bicyclic) bond motifs is 3. The summed E-state index contributed by atoms with van der Waals surface area (Å²) >= 11 is 0. The van der Waals surface area contributed by atoms with Gasteiger partial charge in [0.2, 0.25) is 5.91 Å². The molecule has 2 aromatic rings. The van der Waals surface area contributed by atoms with Crippen LogP contribution in [0.2, 0.25) is 0 Å². The van der Waals surface area contributed by atoms with Gasteiger partial charge in [-0.25, -0.2) is 9.97 Å². The highest BCUT2D eigenvalue weighted by Crippen LogP contribution is 2.41. The number of benzene rings is 1. The second kappa shape index (κ2) is 8.37. The lowest BCUT2D eigenvalue weighted by Crippen LogP contribution is -2.56. The van der Waals surface area contributed by atoms with Crippen molar-refractivity contribution in [2.45, 2.75) is 31.7 Å². The van der Waals surface area contributed by atoms with Crippen molar-refractivity contribution >= 4 is 5.91 Å². The molecule has 4 unspecified atom stereocenters. The highest BCUT2D eigenvalue weighted by Gasteiger charge is 2.41. The molecule has 3 fully saturated rings. The summed E-state index contributed by atoms with van der Waals surface area (Å²) in [7, 11) is 1.55. The molecule has 148 valence electrons. The molecule has 1 aromatic carbocycles. The largest absolute Gasteiger partial charge is 0.375 e. The van der Waals surface area contributed by atoms with Crippen LogP contribution in [-0.4, -0.2) is 60.2 Å². The zero-order chi connectivity index (χ0) is 19.5. The van der Waals surface area contributed by atoms with Crippen LogP contribution < -0.4 is 5.32 Å². The normalized spacial score (nSPS) is 26.2. The first-order valence-corrected chi connectivity index (χ1v) is 10.0. The van der Waals surface area contributed by atoms with Crippen molar-refractivity contribution in [3.05, 3.63) is 47.9 Å². The van der Waals surface area contributed by atoms with Crippen LogP contribution in [0.25, 0.3) is 11.3 Å². The SMILES string of the molecule is COCC(=O)NCC1CC2CCN1CC2c1cc(-c2ccccc2)nc(C)n1. The molecule has 1 aromatic heterocycles. The van der Waals surface area contributed by atoms with Crippen LogP contribution in [0.1, 0.15) is 30.3 Å². The Morgan fingerprint density at radius 3 is 2.82 bits per heavy atom.